The molecule has 0 amide bonds. The molecule has 0 radical (unpaired) electrons. The van der Waals surface area contributed by atoms with Crippen LogP contribution in [-0.2, 0) is 24.4 Å². The molecule has 4 rings (SSSR count). The van der Waals surface area contributed by atoms with Gasteiger partial charge in [0.2, 0.25) is 0 Å². The van der Waals surface area contributed by atoms with Crippen molar-refractivity contribution in [1.82, 2.24) is 19.7 Å². The summed E-state index contributed by atoms with van der Waals surface area (Å²) in [4.78, 5) is 6.68. The molecule has 3 aromatic heterocycles. The van der Waals surface area contributed by atoms with E-state index in [4.69, 9.17) is 9.15 Å². The molecule has 1 aliphatic heterocycles. The van der Waals surface area contributed by atoms with E-state index >= 15 is 0 Å². The predicted molar refractivity (Wildman–Crippen MR) is 92.7 cm³/mol. The van der Waals surface area contributed by atoms with E-state index in [1.54, 1.807) is 6.20 Å². The van der Waals surface area contributed by atoms with Crippen molar-refractivity contribution in [3.8, 4) is 0 Å². The van der Waals surface area contributed by atoms with Crippen molar-refractivity contribution in [2.75, 3.05) is 13.2 Å². The number of rotatable bonds is 6. The second kappa shape index (κ2) is 7.21. The van der Waals surface area contributed by atoms with Crippen LogP contribution >= 0.6 is 0 Å². The Kier molecular flexibility index (Phi) is 4.63. The average Bonchev–Trinajstić information content (AvgIpc) is 3.25. The van der Waals surface area contributed by atoms with Crippen LogP contribution in [0.4, 0.5) is 0 Å². The Morgan fingerprint density at radius 2 is 2.16 bits per heavy atom. The fourth-order valence-electron chi connectivity index (χ4n) is 3.28. The van der Waals surface area contributed by atoms with Gasteiger partial charge < -0.3 is 9.15 Å². The van der Waals surface area contributed by atoms with Gasteiger partial charge in [0, 0.05) is 25.5 Å². The van der Waals surface area contributed by atoms with Gasteiger partial charge in [0.25, 0.3) is 0 Å². The fraction of sp³-hybridized carbons (Fsp3) is 0.368. The zero-order valence-electron chi connectivity index (χ0n) is 14.3. The van der Waals surface area contributed by atoms with Gasteiger partial charge in [0.1, 0.15) is 11.5 Å². The lowest BCUT2D eigenvalue weighted by Crippen LogP contribution is -2.39. The first kappa shape index (κ1) is 16.1. The van der Waals surface area contributed by atoms with Gasteiger partial charge in [-0.1, -0.05) is 6.07 Å². The van der Waals surface area contributed by atoms with E-state index in [1.807, 2.05) is 43.5 Å². The third-order valence-electron chi connectivity index (χ3n) is 4.41. The molecule has 6 heteroatoms. The molecule has 0 fully saturated rings. The highest BCUT2D eigenvalue weighted by atomic mass is 16.5. The molecule has 6 nitrogen and oxygen atoms in total. The number of hydrogen-bond donors (Lipinski definition) is 0. The quantitative estimate of drug-likeness (QED) is 0.692. The van der Waals surface area contributed by atoms with Gasteiger partial charge in [-0.15, -0.1) is 0 Å². The smallest absolute Gasteiger partial charge is 0.118 e. The summed E-state index contributed by atoms with van der Waals surface area (Å²) in [6, 6.07) is 12.2. The Morgan fingerprint density at radius 3 is 2.96 bits per heavy atom. The van der Waals surface area contributed by atoms with Crippen molar-refractivity contribution < 1.29 is 9.15 Å². The van der Waals surface area contributed by atoms with Crippen LogP contribution < -0.4 is 0 Å². The first-order valence-corrected chi connectivity index (χ1v) is 8.55. The first-order chi connectivity index (χ1) is 12.3. The zero-order chi connectivity index (χ0) is 17.1. The SMILES string of the molecule is Cc1ccc(CN2Cc3ccnn3[C@H](COCc3ccccn3)C2)o1. The Balaban J connectivity index is 1.40. The molecule has 0 unspecified atom stereocenters. The maximum Gasteiger partial charge on any atom is 0.118 e. The minimum atomic E-state index is 0.193. The maximum atomic E-state index is 5.91. The van der Waals surface area contributed by atoms with Crippen molar-refractivity contribution in [3.63, 3.8) is 0 Å². The third kappa shape index (κ3) is 3.81. The van der Waals surface area contributed by atoms with Crippen LogP contribution in [0.15, 0.2) is 53.2 Å². The zero-order valence-corrected chi connectivity index (χ0v) is 14.3. The monoisotopic (exact) mass is 338 g/mol. The molecule has 0 aliphatic carbocycles. The topological polar surface area (TPSA) is 56.3 Å². The van der Waals surface area contributed by atoms with Crippen LogP contribution in [0.2, 0.25) is 0 Å². The highest BCUT2D eigenvalue weighted by Crippen LogP contribution is 2.23. The summed E-state index contributed by atoms with van der Waals surface area (Å²) in [5.41, 5.74) is 2.16. The molecule has 25 heavy (non-hydrogen) atoms. The van der Waals surface area contributed by atoms with Gasteiger partial charge in [-0.3, -0.25) is 14.6 Å². The Bertz CT molecular complexity index is 812. The van der Waals surface area contributed by atoms with E-state index in [0.717, 1.165) is 36.8 Å². The lowest BCUT2D eigenvalue weighted by atomic mass is 10.2. The van der Waals surface area contributed by atoms with Crippen LogP contribution in [0, 0.1) is 6.92 Å². The van der Waals surface area contributed by atoms with Crippen molar-refractivity contribution in [3.05, 3.63) is 71.7 Å². The number of hydrogen-bond acceptors (Lipinski definition) is 5. The lowest BCUT2D eigenvalue weighted by Gasteiger charge is -2.33. The Hall–Kier alpha value is -2.44. The molecule has 1 aliphatic rings. The van der Waals surface area contributed by atoms with Gasteiger partial charge in [-0.2, -0.15) is 5.10 Å². The molecule has 1 atom stereocenters. The summed E-state index contributed by atoms with van der Waals surface area (Å²) in [7, 11) is 0. The second-order valence-corrected chi connectivity index (χ2v) is 6.44. The molecule has 0 saturated carbocycles. The number of ether oxygens (including phenoxy) is 1. The Labute approximate surface area is 147 Å². The Morgan fingerprint density at radius 1 is 1.20 bits per heavy atom. The number of nitrogens with zero attached hydrogens (tertiary/aromatic N) is 4. The van der Waals surface area contributed by atoms with Crippen molar-refractivity contribution in [1.29, 1.82) is 0 Å². The molecule has 0 spiro atoms. The normalized spacial score (nSPS) is 17.6. The summed E-state index contributed by atoms with van der Waals surface area (Å²) in [5, 5.41) is 4.48. The van der Waals surface area contributed by atoms with Gasteiger partial charge in [-0.25, -0.2) is 0 Å². The highest BCUT2D eigenvalue weighted by Gasteiger charge is 2.26. The largest absolute Gasteiger partial charge is 0.465 e. The van der Waals surface area contributed by atoms with Gasteiger partial charge >= 0.3 is 0 Å². The summed E-state index contributed by atoms with van der Waals surface area (Å²) in [6.45, 7) is 5.66. The first-order valence-electron chi connectivity index (χ1n) is 8.55. The predicted octanol–water partition coefficient (Wildman–Crippen LogP) is 2.95. The van der Waals surface area contributed by atoms with E-state index in [1.165, 1.54) is 5.69 Å². The van der Waals surface area contributed by atoms with Crippen LogP contribution in [-0.4, -0.2) is 32.8 Å². The third-order valence-corrected chi connectivity index (χ3v) is 4.41. The maximum absolute atomic E-state index is 5.91. The van der Waals surface area contributed by atoms with Gasteiger partial charge in [0.15, 0.2) is 0 Å². The van der Waals surface area contributed by atoms with Crippen LogP contribution in [0.1, 0.15) is 29.0 Å². The summed E-state index contributed by atoms with van der Waals surface area (Å²) in [5.74, 6) is 1.95. The van der Waals surface area contributed by atoms with E-state index in [-0.39, 0.29) is 6.04 Å². The minimum Gasteiger partial charge on any atom is -0.465 e. The molecule has 0 bridgehead atoms. The minimum absolute atomic E-state index is 0.193. The lowest BCUT2D eigenvalue weighted by molar-refractivity contribution is 0.0502. The molecule has 0 N–H and O–H groups in total. The molecule has 0 saturated heterocycles. The van der Waals surface area contributed by atoms with Crippen LogP contribution in [0.3, 0.4) is 0 Å². The number of aryl methyl sites for hydroxylation is 1. The van der Waals surface area contributed by atoms with E-state index in [2.05, 4.69) is 25.7 Å². The fourth-order valence-corrected chi connectivity index (χ4v) is 3.28. The molecular weight excluding hydrogens is 316 g/mol. The number of furan rings is 1. The van der Waals surface area contributed by atoms with E-state index in [9.17, 15) is 0 Å². The van der Waals surface area contributed by atoms with Crippen molar-refractivity contribution in [2.45, 2.75) is 32.7 Å². The van der Waals surface area contributed by atoms with E-state index < -0.39 is 0 Å². The molecule has 3 aromatic rings. The number of pyridine rings is 1. The molecular formula is C19H22N4O2. The van der Waals surface area contributed by atoms with E-state index in [0.29, 0.717) is 13.2 Å². The second-order valence-electron chi connectivity index (χ2n) is 6.44. The summed E-state index contributed by atoms with van der Waals surface area (Å²) < 4.78 is 13.7. The van der Waals surface area contributed by atoms with Crippen LogP contribution in [0.5, 0.6) is 0 Å². The molecule has 4 heterocycles. The highest BCUT2D eigenvalue weighted by molar-refractivity contribution is 5.09. The average molecular weight is 338 g/mol. The standard InChI is InChI=1S/C19H22N4O2/c1-15-5-6-19(25-15)12-22-10-17-7-9-21-23(17)18(11-22)14-24-13-16-4-2-3-8-20-16/h2-9,18H,10-14H2,1H3/t18-/m0/s1. The molecule has 0 aromatic carbocycles. The number of fused-ring (bicyclic) bond motifs is 1. The summed E-state index contributed by atoms with van der Waals surface area (Å²) >= 11 is 0. The van der Waals surface area contributed by atoms with Crippen LogP contribution in [0.25, 0.3) is 0 Å². The van der Waals surface area contributed by atoms with Crippen molar-refractivity contribution >= 4 is 0 Å². The molecule has 130 valence electrons. The van der Waals surface area contributed by atoms with Gasteiger partial charge in [0.05, 0.1) is 37.2 Å². The number of aromatic nitrogens is 3. The summed E-state index contributed by atoms with van der Waals surface area (Å²) in [6.07, 6.45) is 3.65. The van der Waals surface area contributed by atoms with Crippen molar-refractivity contribution in [2.24, 2.45) is 0 Å². The van der Waals surface area contributed by atoms with Gasteiger partial charge in [-0.05, 0) is 37.3 Å².